The first-order valence-corrected chi connectivity index (χ1v) is 8.07. The van der Waals surface area contributed by atoms with Crippen LogP contribution in [0, 0.1) is 6.92 Å². The maximum atomic E-state index is 12.2. The molecule has 0 saturated carbocycles. The fourth-order valence-electron chi connectivity index (χ4n) is 1.74. The second-order valence-electron chi connectivity index (χ2n) is 4.46. The lowest BCUT2D eigenvalue weighted by molar-refractivity contribution is 0.256. The maximum Gasteiger partial charge on any atom is 0.335 e. The van der Waals surface area contributed by atoms with E-state index in [1.54, 1.807) is 25.1 Å². The van der Waals surface area contributed by atoms with Gasteiger partial charge in [-0.2, -0.15) is 9.97 Å². The molecule has 0 saturated heterocycles. The minimum absolute atomic E-state index is 0.00837. The average molecular weight is 353 g/mol. The number of nitrogens with one attached hydrogen (secondary N) is 2. The van der Waals surface area contributed by atoms with Gasteiger partial charge < -0.3 is 9.47 Å². The molecule has 0 fully saturated rings. The van der Waals surface area contributed by atoms with Crippen LogP contribution in [-0.4, -0.2) is 43.6 Å². The lowest BCUT2D eigenvalue weighted by Crippen LogP contribution is -2.35. The van der Waals surface area contributed by atoms with E-state index in [4.69, 9.17) is 9.47 Å². The third-order valence-corrected chi connectivity index (χ3v) is 4.29. The van der Waals surface area contributed by atoms with Gasteiger partial charge in [0.1, 0.15) is 0 Å². The fraction of sp³-hybridized carbons (Fsp3) is 0.231. The summed E-state index contributed by atoms with van der Waals surface area (Å²) in [5.74, 6) is -0.226. The lowest BCUT2D eigenvalue weighted by Gasteiger charge is -2.10. The predicted octanol–water partition coefficient (Wildman–Crippen LogP) is 0.708. The molecule has 24 heavy (non-hydrogen) atoms. The maximum absolute atomic E-state index is 12.2. The van der Waals surface area contributed by atoms with Crippen LogP contribution in [0.1, 0.15) is 5.56 Å². The first-order chi connectivity index (χ1) is 11.4. The van der Waals surface area contributed by atoms with Crippen molar-refractivity contribution >= 4 is 22.0 Å². The second kappa shape index (κ2) is 7.08. The van der Waals surface area contributed by atoms with E-state index >= 15 is 0 Å². The van der Waals surface area contributed by atoms with Crippen molar-refractivity contribution in [2.45, 2.75) is 11.8 Å². The number of carbonyl (C=O) groups excluding carboxylic acids is 1. The number of anilines is 1. The zero-order valence-corrected chi connectivity index (χ0v) is 13.9. The van der Waals surface area contributed by atoms with Crippen molar-refractivity contribution in [1.82, 2.24) is 19.7 Å². The van der Waals surface area contributed by atoms with Crippen molar-refractivity contribution in [2.24, 2.45) is 0 Å². The van der Waals surface area contributed by atoms with Gasteiger partial charge in [0.2, 0.25) is 5.95 Å². The summed E-state index contributed by atoms with van der Waals surface area (Å²) >= 11 is 0. The largest absolute Gasteiger partial charge is 0.467 e. The van der Waals surface area contributed by atoms with E-state index in [0.29, 0.717) is 5.56 Å². The molecule has 10 nitrogen and oxygen atoms in total. The number of aromatic nitrogens is 3. The predicted molar refractivity (Wildman–Crippen MR) is 83.5 cm³/mol. The molecule has 128 valence electrons. The molecule has 2 aromatic rings. The summed E-state index contributed by atoms with van der Waals surface area (Å²) in [5.41, 5.74) is 0.501. The topological polar surface area (TPSA) is 132 Å². The number of benzene rings is 1. The van der Waals surface area contributed by atoms with Gasteiger partial charge in [0.05, 0.1) is 19.1 Å². The van der Waals surface area contributed by atoms with E-state index in [9.17, 15) is 13.2 Å². The molecule has 1 aromatic heterocycles. The number of rotatable bonds is 5. The van der Waals surface area contributed by atoms with E-state index < -0.39 is 16.1 Å². The van der Waals surface area contributed by atoms with Crippen LogP contribution in [-0.2, 0) is 10.0 Å². The Balaban J connectivity index is 2.18. The third kappa shape index (κ3) is 4.07. The van der Waals surface area contributed by atoms with E-state index in [1.807, 2.05) is 4.72 Å². The Morgan fingerprint density at radius 3 is 2.17 bits per heavy atom. The summed E-state index contributed by atoms with van der Waals surface area (Å²) in [7, 11) is -1.40. The Hall–Kier alpha value is -2.95. The Bertz CT molecular complexity index is 833. The molecule has 2 rings (SSSR count). The summed E-state index contributed by atoms with van der Waals surface area (Å²) in [5, 5.41) is 2.19. The van der Waals surface area contributed by atoms with Gasteiger partial charge in [-0.1, -0.05) is 18.2 Å². The molecule has 0 aliphatic rings. The number of amides is 2. The number of ether oxygens (including phenoxy) is 2. The first kappa shape index (κ1) is 17.4. The molecule has 11 heteroatoms. The van der Waals surface area contributed by atoms with E-state index in [2.05, 4.69) is 20.3 Å². The van der Waals surface area contributed by atoms with E-state index in [1.165, 1.54) is 20.3 Å². The number of sulfonamides is 1. The van der Waals surface area contributed by atoms with Crippen molar-refractivity contribution in [2.75, 3.05) is 19.5 Å². The summed E-state index contributed by atoms with van der Waals surface area (Å²) in [6.07, 6.45) is 0. The minimum atomic E-state index is -4.04. The standard InChI is InChI=1S/C13H15N5O5S/c1-8-6-4-5-7-9(8)24(20,21)18-11(19)14-10-15-12(22-2)17-13(16-10)23-3/h4-7H,1-3H3,(H2,14,15,16,17,18,19). The molecule has 0 atom stereocenters. The average Bonchev–Trinajstić information content (AvgIpc) is 2.53. The van der Waals surface area contributed by atoms with Crippen LogP contribution >= 0.6 is 0 Å². The third-order valence-electron chi connectivity index (χ3n) is 2.80. The normalized spacial score (nSPS) is 10.8. The van der Waals surface area contributed by atoms with Gasteiger partial charge in [0, 0.05) is 0 Å². The second-order valence-corrected chi connectivity index (χ2v) is 6.11. The molecule has 0 radical (unpaired) electrons. The number of aryl methyl sites for hydroxylation is 1. The smallest absolute Gasteiger partial charge is 0.335 e. The highest BCUT2D eigenvalue weighted by Crippen LogP contribution is 2.15. The van der Waals surface area contributed by atoms with Gasteiger partial charge in [0.15, 0.2) is 0 Å². The van der Waals surface area contributed by atoms with Gasteiger partial charge in [-0.15, -0.1) is 4.98 Å². The van der Waals surface area contributed by atoms with Crippen LogP contribution in [0.5, 0.6) is 12.0 Å². The van der Waals surface area contributed by atoms with Crippen molar-refractivity contribution in [3.8, 4) is 12.0 Å². The van der Waals surface area contributed by atoms with Crippen LogP contribution in [0.3, 0.4) is 0 Å². The van der Waals surface area contributed by atoms with E-state index in [0.717, 1.165) is 0 Å². The van der Waals surface area contributed by atoms with Crippen LogP contribution < -0.4 is 19.5 Å². The van der Waals surface area contributed by atoms with Crippen LogP contribution in [0.25, 0.3) is 0 Å². The quantitative estimate of drug-likeness (QED) is 0.803. The van der Waals surface area contributed by atoms with E-state index in [-0.39, 0.29) is 22.9 Å². The molecule has 0 aliphatic carbocycles. The van der Waals surface area contributed by atoms with Gasteiger partial charge in [-0.05, 0) is 18.6 Å². The summed E-state index contributed by atoms with van der Waals surface area (Å²) in [6, 6.07) is 5.03. The zero-order chi connectivity index (χ0) is 17.7. The Kier molecular flexibility index (Phi) is 5.14. The van der Waals surface area contributed by atoms with Crippen molar-refractivity contribution in [3.63, 3.8) is 0 Å². The highest BCUT2D eigenvalue weighted by atomic mass is 32.2. The van der Waals surface area contributed by atoms with Gasteiger partial charge >= 0.3 is 18.1 Å². The highest BCUT2D eigenvalue weighted by Gasteiger charge is 2.20. The van der Waals surface area contributed by atoms with Crippen molar-refractivity contribution in [1.29, 1.82) is 0 Å². The Morgan fingerprint density at radius 2 is 1.62 bits per heavy atom. The van der Waals surface area contributed by atoms with Crippen LogP contribution in [0.15, 0.2) is 29.2 Å². The van der Waals surface area contributed by atoms with Crippen molar-refractivity contribution < 1.29 is 22.7 Å². The molecular weight excluding hydrogens is 338 g/mol. The minimum Gasteiger partial charge on any atom is -0.467 e. The molecule has 2 N–H and O–H groups in total. The zero-order valence-electron chi connectivity index (χ0n) is 13.1. The molecular formula is C13H15N5O5S. The molecule has 2 amide bonds. The molecule has 0 aliphatic heterocycles. The van der Waals surface area contributed by atoms with Crippen molar-refractivity contribution in [3.05, 3.63) is 29.8 Å². The molecule has 1 aromatic carbocycles. The number of carbonyl (C=O) groups is 1. The molecule has 0 spiro atoms. The van der Waals surface area contributed by atoms with Gasteiger partial charge in [-0.25, -0.2) is 17.9 Å². The summed E-state index contributed by atoms with van der Waals surface area (Å²) in [4.78, 5) is 23.2. The fourth-order valence-corrected chi connectivity index (χ4v) is 2.89. The number of urea groups is 1. The first-order valence-electron chi connectivity index (χ1n) is 6.59. The molecule has 1 heterocycles. The SMILES string of the molecule is COc1nc(NC(=O)NS(=O)(=O)c2ccccc2C)nc(OC)n1. The highest BCUT2D eigenvalue weighted by molar-refractivity contribution is 7.90. The van der Waals surface area contributed by atoms with Gasteiger partial charge in [0.25, 0.3) is 10.0 Å². The van der Waals surface area contributed by atoms with Gasteiger partial charge in [-0.3, -0.25) is 5.32 Å². The number of hydrogen-bond acceptors (Lipinski definition) is 8. The summed E-state index contributed by atoms with van der Waals surface area (Å²) < 4.78 is 36.0. The monoisotopic (exact) mass is 353 g/mol. The Morgan fingerprint density at radius 1 is 1.04 bits per heavy atom. The number of nitrogens with zero attached hydrogens (tertiary/aromatic N) is 3. The van der Waals surface area contributed by atoms with Crippen LogP contribution in [0.4, 0.5) is 10.7 Å². The Labute approximate surface area is 138 Å². The number of hydrogen-bond donors (Lipinski definition) is 2. The molecule has 0 unspecified atom stereocenters. The lowest BCUT2D eigenvalue weighted by atomic mass is 10.2. The summed E-state index contributed by atoms with van der Waals surface area (Å²) in [6.45, 7) is 1.62. The number of methoxy groups -OCH3 is 2. The van der Waals surface area contributed by atoms with Crippen LogP contribution in [0.2, 0.25) is 0 Å². The molecule has 0 bridgehead atoms.